The maximum absolute atomic E-state index is 4.53. The molecule has 1 aliphatic carbocycles. The van der Waals surface area contributed by atoms with Gasteiger partial charge in [-0.25, -0.2) is 0 Å². The van der Waals surface area contributed by atoms with Gasteiger partial charge in [-0.3, -0.25) is 0 Å². The highest BCUT2D eigenvalue weighted by molar-refractivity contribution is 7.98. The van der Waals surface area contributed by atoms with Gasteiger partial charge in [-0.1, -0.05) is 66.9 Å². The number of hydrogen-bond acceptors (Lipinski definition) is 3. The minimum Gasteiger partial charge on any atom is -0.302 e. The highest BCUT2D eigenvalue weighted by atomic mass is 32.2. The second-order valence-electron chi connectivity index (χ2n) is 6.35. The maximum atomic E-state index is 4.53. The maximum Gasteiger partial charge on any atom is 0.191 e. The molecule has 0 aliphatic heterocycles. The summed E-state index contributed by atoms with van der Waals surface area (Å²) in [5.74, 6) is 2.67. The zero-order valence-corrected chi connectivity index (χ0v) is 14.7. The molecule has 0 amide bonds. The molecule has 0 N–H and O–H groups in total. The summed E-state index contributed by atoms with van der Waals surface area (Å²) in [6.07, 6.45) is 8.44. The molecule has 122 valence electrons. The lowest BCUT2D eigenvalue weighted by molar-refractivity contribution is 0.415. The van der Waals surface area contributed by atoms with Crippen molar-refractivity contribution in [3.8, 4) is 0 Å². The first-order valence-corrected chi connectivity index (χ1v) is 9.49. The fourth-order valence-corrected chi connectivity index (χ4v) is 4.11. The van der Waals surface area contributed by atoms with Crippen LogP contribution in [-0.4, -0.2) is 14.8 Å². The van der Waals surface area contributed by atoms with Crippen LogP contribution in [0, 0.1) is 6.92 Å². The van der Waals surface area contributed by atoms with Crippen LogP contribution in [0.1, 0.15) is 55.0 Å². The molecule has 3 rings (SSSR count). The summed E-state index contributed by atoms with van der Waals surface area (Å²) < 4.78 is 2.27. The molecule has 1 aromatic heterocycles. The third kappa shape index (κ3) is 4.05. The molecule has 4 heteroatoms. The van der Waals surface area contributed by atoms with Crippen molar-refractivity contribution in [3.63, 3.8) is 0 Å². The Kier molecular flexibility index (Phi) is 5.55. The van der Waals surface area contributed by atoms with Gasteiger partial charge in [0.05, 0.1) is 0 Å². The lowest BCUT2D eigenvalue weighted by atomic mass is 9.89. The van der Waals surface area contributed by atoms with Gasteiger partial charge in [0.2, 0.25) is 0 Å². The Bertz CT molecular complexity index is 639. The fraction of sp³-hybridized carbons (Fsp3) is 0.474. The van der Waals surface area contributed by atoms with Crippen molar-refractivity contribution in [2.24, 2.45) is 0 Å². The molecular formula is C19H25N3S. The molecule has 1 aliphatic rings. The SMILES string of the molecule is C=CCn1c(SCc2ccc(C)cc2)nnc1C1CCCCC1. The van der Waals surface area contributed by atoms with Gasteiger partial charge in [-0.05, 0) is 25.3 Å². The van der Waals surface area contributed by atoms with E-state index in [0.29, 0.717) is 5.92 Å². The van der Waals surface area contributed by atoms with E-state index >= 15 is 0 Å². The van der Waals surface area contributed by atoms with Crippen LogP contribution in [0.3, 0.4) is 0 Å². The number of hydrogen-bond donors (Lipinski definition) is 0. The molecule has 23 heavy (non-hydrogen) atoms. The Morgan fingerprint density at radius 2 is 1.91 bits per heavy atom. The molecule has 1 fully saturated rings. The second-order valence-corrected chi connectivity index (χ2v) is 7.29. The van der Waals surface area contributed by atoms with Crippen molar-refractivity contribution in [2.75, 3.05) is 0 Å². The predicted octanol–water partition coefficient (Wildman–Crippen LogP) is 5.11. The van der Waals surface area contributed by atoms with Crippen molar-refractivity contribution >= 4 is 11.8 Å². The van der Waals surface area contributed by atoms with Crippen LogP contribution >= 0.6 is 11.8 Å². The van der Waals surface area contributed by atoms with E-state index in [9.17, 15) is 0 Å². The molecular weight excluding hydrogens is 302 g/mol. The predicted molar refractivity (Wildman–Crippen MR) is 96.8 cm³/mol. The number of benzene rings is 1. The van der Waals surface area contributed by atoms with E-state index in [1.165, 1.54) is 43.2 Å². The Labute approximate surface area is 143 Å². The number of nitrogens with zero attached hydrogens (tertiary/aromatic N) is 3. The van der Waals surface area contributed by atoms with E-state index in [4.69, 9.17) is 0 Å². The van der Waals surface area contributed by atoms with Crippen LogP contribution in [0.25, 0.3) is 0 Å². The van der Waals surface area contributed by atoms with E-state index in [1.807, 2.05) is 6.08 Å². The largest absolute Gasteiger partial charge is 0.302 e. The summed E-state index contributed by atoms with van der Waals surface area (Å²) in [5.41, 5.74) is 2.63. The third-order valence-electron chi connectivity index (χ3n) is 4.52. The summed E-state index contributed by atoms with van der Waals surface area (Å²) >= 11 is 1.77. The van der Waals surface area contributed by atoms with Crippen LogP contribution < -0.4 is 0 Å². The number of allylic oxidation sites excluding steroid dienone is 1. The standard InChI is InChI=1S/C19H25N3S/c1-3-13-22-18(17-7-5-4-6-8-17)20-21-19(22)23-14-16-11-9-15(2)10-12-16/h3,9-12,17H,1,4-8,13-14H2,2H3. The van der Waals surface area contributed by atoms with Crippen molar-refractivity contribution < 1.29 is 0 Å². The zero-order chi connectivity index (χ0) is 16.1. The molecule has 0 unspecified atom stereocenters. The quantitative estimate of drug-likeness (QED) is 0.545. The van der Waals surface area contributed by atoms with Gasteiger partial charge in [-0.2, -0.15) is 0 Å². The summed E-state index contributed by atoms with van der Waals surface area (Å²) in [6, 6.07) is 8.72. The normalized spacial score (nSPS) is 15.7. The molecule has 0 bridgehead atoms. The Balaban J connectivity index is 1.74. The topological polar surface area (TPSA) is 30.7 Å². The van der Waals surface area contributed by atoms with Gasteiger partial charge in [0.15, 0.2) is 5.16 Å². The number of aryl methyl sites for hydroxylation is 1. The summed E-state index contributed by atoms with van der Waals surface area (Å²) in [5, 5.41) is 10.0. The highest BCUT2D eigenvalue weighted by Gasteiger charge is 2.22. The molecule has 1 aromatic carbocycles. The second kappa shape index (κ2) is 7.82. The van der Waals surface area contributed by atoms with Gasteiger partial charge in [0.25, 0.3) is 0 Å². The number of rotatable bonds is 6. The van der Waals surface area contributed by atoms with E-state index in [2.05, 4.69) is 52.5 Å². The number of aromatic nitrogens is 3. The van der Waals surface area contributed by atoms with Crippen molar-refractivity contribution in [2.45, 2.75) is 62.4 Å². The van der Waals surface area contributed by atoms with E-state index in [-0.39, 0.29) is 0 Å². The first-order chi connectivity index (χ1) is 11.3. The molecule has 0 atom stereocenters. The van der Waals surface area contributed by atoms with Crippen molar-refractivity contribution in [1.29, 1.82) is 0 Å². The summed E-state index contributed by atoms with van der Waals surface area (Å²) in [7, 11) is 0. The summed E-state index contributed by atoms with van der Waals surface area (Å²) in [4.78, 5) is 0. The van der Waals surface area contributed by atoms with Gasteiger partial charge >= 0.3 is 0 Å². The van der Waals surface area contributed by atoms with Gasteiger partial charge in [0.1, 0.15) is 5.82 Å². The van der Waals surface area contributed by atoms with Crippen LogP contribution in [0.2, 0.25) is 0 Å². The van der Waals surface area contributed by atoms with Crippen molar-refractivity contribution in [3.05, 3.63) is 53.9 Å². The zero-order valence-electron chi connectivity index (χ0n) is 13.9. The molecule has 2 aromatic rings. The third-order valence-corrected chi connectivity index (χ3v) is 5.55. The lowest BCUT2D eigenvalue weighted by Gasteiger charge is -2.21. The molecule has 0 spiro atoms. The van der Waals surface area contributed by atoms with Crippen molar-refractivity contribution in [1.82, 2.24) is 14.8 Å². The first kappa shape index (κ1) is 16.3. The summed E-state index contributed by atoms with van der Waals surface area (Å²) in [6.45, 7) is 6.83. The Morgan fingerprint density at radius 1 is 1.17 bits per heavy atom. The average Bonchev–Trinajstić information content (AvgIpc) is 2.98. The smallest absolute Gasteiger partial charge is 0.191 e. The van der Waals surface area contributed by atoms with Crippen LogP contribution in [-0.2, 0) is 12.3 Å². The highest BCUT2D eigenvalue weighted by Crippen LogP contribution is 2.33. The minimum absolute atomic E-state index is 0.574. The molecule has 0 radical (unpaired) electrons. The lowest BCUT2D eigenvalue weighted by Crippen LogP contribution is -2.12. The molecule has 1 saturated carbocycles. The molecule has 3 nitrogen and oxygen atoms in total. The van der Waals surface area contributed by atoms with E-state index in [1.54, 1.807) is 11.8 Å². The van der Waals surface area contributed by atoms with Gasteiger partial charge < -0.3 is 4.57 Å². The molecule has 1 heterocycles. The first-order valence-electron chi connectivity index (χ1n) is 8.50. The Hall–Kier alpha value is -1.55. The minimum atomic E-state index is 0.574. The Morgan fingerprint density at radius 3 is 2.61 bits per heavy atom. The van der Waals surface area contributed by atoms with E-state index < -0.39 is 0 Å². The van der Waals surface area contributed by atoms with E-state index in [0.717, 1.165) is 23.3 Å². The van der Waals surface area contributed by atoms with Gasteiger partial charge in [0, 0.05) is 18.2 Å². The molecule has 0 saturated heterocycles. The monoisotopic (exact) mass is 327 g/mol. The fourth-order valence-electron chi connectivity index (χ4n) is 3.20. The van der Waals surface area contributed by atoms with Crippen LogP contribution in [0.15, 0.2) is 42.1 Å². The number of thioether (sulfide) groups is 1. The van der Waals surface area contributed by atoms with Crippen LogP contribution in [0.5, 0.6) is 0 Å². The van der Waals surface area contributed by atoms with Crippen LogP contribution in [0.4, 0.5) is 0 Å². The average molecular weight is 327 g/mol. The van der Waals surface area contributed by atoms with Gasteiger partial charge in [-0.15, -0.1) is 16.8 Å².